The van der Waals surface area contributed by atoms with E-state index in [0.717, 1.165) is 5.56 Å². The van der Waals surface area contributed by atoms with Crippen molar-refractivity contribution in [2.24, 2.45) is 0 Å². The number of carboxylic acid groups (broad SMARTS) is 1. The average Bonchev–Trinajstić information content (AvgIpc) is 2.19. The smallest absolute Gasteiger partial charge is 0.303 e. The average molecular weight is 228 g/mol. The molecule has 16 heavy (non-hydrogen) atoms. The minimum absolute atomic E-state index is 0.0724. The van der Waals surface area contributed by atoms with E-state index in [2.05, 4.69) is 0 Å². The molecule has 0 amide bonds. The van der Waals surface area contributed by atoms with Crippen LogP contribution < -0.4 is 0 Å². The summed E-state index contributed by atoms with van der Waals surface area (Å²) in [5.74, 6) is -0.855. The highest BCUT2D eigenvalue weighted by atomic mass is 19.3. The van der Waals surface area contributed by atoms with Crippen molar-refractivity contribution in [2.45, 2.75) is 32.1 Å². The summed E-state index contributed by atoms with van der Waals surface area (Å²) in [5, 5.41) is 8.49. The van der Waals surface area contributed by atoms with Gasteiger partial charge in [-0.25, -0.2) is 8.78 Å². The third kappa shape index (κ3) is 4.38. The Morgan fingerprint density at radius 1 is 1.25 bits per heavy atom. The molecule has 1 aromatic rings. The van der Waals surface area contributed by atoms with Crippen LogP contribution in [-0.4, -0.2) is 17.5 Å². The summed E-state index contributed by atoms with van der Waals surface area (Å²) >= 11 is 0. The molecular weight excluding hydrogens is 214 g/mol. The van der Waals surface area contributed by atoms with Crippen LogP contribution >= 0.6 is 0 Å². The van der Waals surface area contributed by atoms with E-state index in [0.29, 0.717) is 18.4 Å². The van der Waals surface area contributed by atoms with E-state index < -0.39 is 12.4 Å². The van der Waals surface area contributed by atoms with Crippen molar-refractivity contribution < 1.29 is 18.7 Å². The normalized spacial score (nSPS) is 10.7. The van der Waals surface area contributed by atoms with Crippen molar-refractivity contribution in [1.29, 1.82) is 0 Å². The minimum atomic E-state index is -2.36. The summed E-state index contributed by atoms with van der Waals surface area (Å²) in [5.41, 5.74) is 1.44. The van der Waals surface area contributed by atoms with Crippen LogP contribution in [0.5, 0.6) is 0 Å². The first-order chi connectivity index (χ1) is 7.59. The number of aliphatic carboxylic acids is 1. The predicted molar refractivity (Wildman–Crippen MR) is 56.7 cm³/mol. The van der Waals surface area contributed by atoms with E-state index in [1.165, 1.54) is 0 Å². The van der Waals surface area contributed by atoms with Gasteiger partial charge in [0.15, 0.2) is 0 Å². The van der Waals surface area contributed by atoms with Gasteiger partial charge in [-0.3, -0.25) is 4.79 Å². The quantitative estimate of drug-likeness (QED) is 0.812. The van der Waals surface area contributed by atoms with Gasteiger partial charge in [-0.1, -0.05) is 24.3 Å². The van der Waals surface area contributed by atoms with Crippen molar-refractivity contribution in [3.8, 4) is 0 Å². The van der Waals surface area contributed by atoms with E-state index in [4.69, 9.17) is 5.11 Å². The Kier molecular flexibility index (Phi) is 4.89. The lowest BCUT2D eigenvalue weighted by Gasteiger charge is -2.08. The van der Waals surface area contributed by atoms with Gasteiger partial charge in [0.05, 0.1) is 0 Å². The van der Waals surface area contributed by atoms with Crippen LogP contribution in [0.25, 0.3) is 0 Å². The molecule has 0 aliphatic rings. The lowest BCUT2D eigenvalue weighted by atomic mass is 10.00. The maximum Gasteiger partial charge on any atom is 0.303 e. The van der Waals surface area contributed by atoms with Gasteiger partial charge in [0, 0.05) is 12.8 Å². The Bertz CT molecular complexity index is 351. The highest BCUT2D eigenvalue weighted by Gasteiger charge is 2.08. The molecule has 0 fully saturated rings. The predicted octanol–water partition coefficient (Wildman–Crippen LogP) is 2.90. The van der Waals surface area contributed by atoms with Crippen LogP contribution in [0.3, 0.4) is 0 Å². The number of halogens is 2. The van der Waals surface area contributed by atoms with Crippen molar-refractivity contribution in [2.75, 3.05) is 0 Å². The number of hydrogen-bond donors (Lipinski definition) is 1. The zero-order valence-corrected chi connectivity index (χ0v) is 8.83. The molecule has 2 nitrogen and oxygen atoms in total. The molecule has 0 aliphatic heterocycles. The summed E-state index contributed by atoms with van der Waals surface area (Å²) in [7, 11) is 0. The Morgan fingerprint density at radius 2 is 1.88 bits per heavy atom. The Morgan fingerprint density at radius 3 is 2.44 bits per heavy atom. The largest absolute Gasteiger partial charge is 0.481 e. The SMILES string of the molecule is O=C(O)CCCc1ccccc1CC(F)F. The van der Waals surface area contributed by atoms with Crippen LogP contribution in [0.1, 0.15) is 24.0 Å². The fourth-order valence-corrected chi connectivity index (χ4v) is 1.60. The van der Waals surface area contributed by atoms with E-state index >= 15 is 0 Å². The molecule has 0 atom stereocenters. The maximum atomic E-state index is 12.3. The van der Waals surface area contributed by atoms with Gasteiger partial charge in [0.1, 0.15) is 0 Å². The number of aryl methyl sites for hydroxylation is 1. The summed E-state index contributed by atoms with van der Waals surface area (Å²) in [6.07, 6.45) is -1.53. The molecule has 0 unspecified atom stereocenters. The number of hydrogen-bond acceptors (Lipinski definition) is 1. The van der Waals surface area contributed by atoms with Crippen molar-refractivity contribution in [3.63, 3.8) is 0 Å². The van der Waals surface area contributed by atoms with Crippen LogP contribution in [-0.2, 0) is 17.6 Å². The standard InChI is InChI=1S/C12H14F2O2/c13-11(14)8-10-5-2-1-4-9(10)6-3-7-12(15)16/h1-2,4-5,11H,3,6-8H2,(H,15,16). The van der Waals surface area contributed by atoms with Gasteiger partial charge in [0.25, 0.3) is 0 Å². The summed E-state index contributed by atoms with van der Waals surface area (Å²) in [4.78, 5) is 10.3. The first kappa shape index (κ1) is 12.6. The highest BCUT2D eigenvalue weighted by Crippen LogP contribution is 2.15. The van der Waals surface area contributed by atoms with E-state index in [1.54, 1.807) is 24.3 Å². The Balaban J connectivity index is 2.60. The molecule has 0 radical (unpaired) electrons. The number of carboxylic acids is 1. The molecule has 0 aliphatic carbocycles. The van der Waals surface area contributed by atoms with Crippen LogP contribution in [0, 0.1) is 0 Å². The molecular formula is C12H14F2O2. The van der Waals surface area contributed by atoms with Crippen molar-refractivity contribution in [3.05, 3.63) is 35.4 Å². The van der Waals surface area contributed by atoms with Gasteiger partial charge in [0.2, 0.25) is 6.43 Å². The molecule has 0 bridgehead atoms. The highest BCUT2D eigenvalue weighted by molar-refractivity contribution is 5.66. The third-order valence-electron chi connectivity index (χ3n) is 2.33. The third-order valence-corrected chi connectivity index (χ3v) is 2.33. The van der Waals surface area contributed by atoms with E-state index in [-0.39, 0.29) is 12.8 Å². The number of alkyl halides is 2. The molecule has 0 saturated heterocycles. The molecule has 0 saturated carbocycles. The zero-order chi connectivity index (χ0) is 12.0. The fraction of sp³-hybridized carbons (Fsp3) is 0.417. The lowest BCUT2D eigenvalue weighted by molar-refractivity contribution is -0.137. The summed E-state index contributed by atoms with van der Waals surface area (Å²) < 4.78 is 24.5. The van der Waals surface area contributed by atoms with E-state index in [9.17, 15) is 13.6 Å². The second-order valence-electron chi connectivity index (χ2n) is 3.61. The second kappa shape index (κ2) is 6.20. The lowest BCUT2D eigenvalue weighted by Crippen LogP contribution is -2.02. The molecule has 1 N–H and O–H groups in total. The van der Waals surface area contributed by atoms with Gasteiger partial charge in [-0.05, 0) is 24.0 Å². The van der Waals surface area contributed by atoms with Gasteiger partial charge in [-0.2, -0.15) is 0 Å². The topological polar surface area (TPSA) is 37.3 Å². The number of carbonyl (C=O) groups is 1. The first-order valence-corrected chi connectivity index (χ1v) is 5.16. The summed E-state index contributed by atoms with van der Waals surface area (Å²) in [6.45, 7) is 0. The Labute approximate surface area is 92.9 Å². The zero-order valence-electron chi connectivity index (χ0n) is 8.83. The molecule has 4 heteroatoms. The van der Waals surface area contributed by atoms with Crippen LogP contribution in [0.4, 0.5) is 8.78 Å². The van der Waals surface area contributed by atoms with Crippen molar-refractivity contribution in [1.82, 2.24) is 0 Å². The summed E-state index contributed by atoms with van der Waals surface area (Å²) in [6, 6.07) is 6.95. The maximum absolute atomic E-state index is 12.3. The van der Waals surface area contributed by atoms with Crippen LogP contribution in [0.2, 0.25) is 0 Å². The molecule has 1 aromatic carbocycles. The fourth-order valence-electron chi connectivity index (χ4n) is 1.60. The number of rotatable bonds is 6. The Hall–Kier alpha value is -1.45. The first-order valence-electron chi connectivity index (χ1n) is 5.16. The molecule has 0 spiro atoms. The monoisotopic (exact) mass is 228 g/mol. The molecule has 0 heterocycles. The van der Waals surface area contributed by atoms with Gasteiger partial charge < -0.3 is 5.11 Å². The van der Waals surface area contributed by atoms with Gasteiger partial charge >= 0.3 is 5.97 Å². The minimum Gasteiger partial charge on any atom is -0.481 e. The van der Waals surface area contributed by atoms with Crippen molar-refractivity contribution >= 4 is 5.97 Å². The number of benzene rings is 1. The molecule has 1 rings (SSSR count). The van der Waals surface area contributed by atoms with Crippen LogP contribution in [0.15, 0.2) is 24.3 Å². The molecule has 88 valence electrons. The molecule has 0 aromatic heterocycles. The second-order valence-corrected chi connectivity index (χ2v) is 3.61. The van der Waals surface area contributed by atoms with E-state index in [1.807, 2.05) is 0 Å². The van der Waals surface area contributed by atoms with Gasteiger partial charge in [-0.15, -0.1) is 0 Å².